The van der Waals surface area contributed by atoms with Gasteiger partial charge >= 0.3 is 0 Å². The highest BCUT2D eigenvalue weighted by Crippen LogP contribution is 2.20. The van der Waals surface area contributed by atoms with E-state index >= 15 is 0 Å². The second-order valence-corrected chi connectivity index (χ2v) is 6.21. The summed E-state index contributed by atoms with van der Waals surface area (Å²) < 4.78 is 20.7. The molecular formula is C18H24FN3O. The van der Waals surface area contributed by atoms with Gasteiger partial charge in [0.2, 0.25) is 0 Å². The molecular weight excluding hydrogens is 293 g/mol. The highest BCUT2D eigenvalue weighted by atomic mass is 19.1. The fourth-order valence-electron chi connectivity index (χ4n) is 3.10. The van der Waals surface area contributed by atoms with Crippen molar-refractivity contribution in [1.29, 1.82) is 0 Å². The zero-order valence-corrected chi connectivity index (χ0v) is 13.6. The summed E-state index contributed by atoms with van der Waals surface area (Å²) in [5.41, 5.74) is 1.27. The first kappa shape index (κ1) is 16.0. The number of rotatable bonds is 6. The molecule has 124 valence electrons. The van der Waals surface area contributed by atoms with Crippen LogP contribution in [0.5, 0.6) is 5.75 Å². The van der Waals surface area contributed by atoms with Crippen LogP contribution in [0.4, 0.5) is 4.39 Å². The lowest BCUT2D eigenvalue weighted by molar-refractivity contribution is 0.125. The number of likely N-dealkylation sites (tertiary alicyclic amines) is 1. The summed E-state index contributed by atoms with van der Waals surface area (Å²) in [6, 6.07) is 6.26. The van der Waals surface area contributed by atoms with Crippen LogP contribution in [0.15, 0.2) is 36.7 Å². The van der Waals surface area contributed by atoms with Crippen molar-refractivity contribution in [2.75, 3.05) is 19.7 Å². The second kappa shape index (κ2) is 7.59. The van der Waals surface area contributed by atoms with Gasteiger partial charge in [0.1, 0.15) is 11.6 Å². The number of benzene rings is 1. The van der Waals surface area contributed by atoms with E-state index < -0.39 is 0 Å². The molecule has 0 N–H and O–H groups in total. The van der Waals surface area contributed by atoms with E-state index in [9.17, 15) is 4.39 Å². The van der Waals surface area contributed by atoms with Crippen molar-refractivity contribution in [1.82, 2.24) is 14.7 Å². The Labute approximate surface area is 136 Å². The van der Waals surface area contributed by atoms with Crippen LogP contribution in [0.2, 0.25) is 0 Å². The quantitative estimate of drug-likeness (QED) is 0.818. The van der Waals surface area contributed by atoms with Crippen LogP contribution < -0.4 is 4.74 Å². The molecule has 0 aliphatic carbocycles. The van der Waals surface area contributed by atoms with Crippen LogP contribution in [0.1, 0.15) is 25.3 Å². The smallest absolute Gasteiger partial charge is 0.123 e. The summed E-state index contributed by atoms with van der Waals surface area (Å²) in [5, 5.41) is 4.34. The highest BCUT2D eigenvalue weighted by Gasteiger charge is 2.21. The van der Waals surface area contributed by atoms with Crippen LogP contribution in [0, 0.1) is 11.7 Å². The van der Waals surface area contributed by atoms with Crippen molar-refractivity contribution in [2.45, 2.75) is 32.9 Å². The summed E-state index contributed by atoms with van der Waals surface area (Å²) in [7, 11) is 0. The maximum Gasteiger partial charge on any atom is 0.123 e. The van der Waals surface area contributed by atoms with Crippen LogP contribution >= 0.6 is 0 Å². The van der Waals surface area contributed by atoms with E-state index in [2.05, 4.69) is 23.1 Å². The average molecular weight is 317 g/mol. The normalized spacial score (nSPS) is 19.0. The Bertz CT molecular complexity index is 611. The molecule has 2 aromatic rings. The first-order valence-corrected chi connectivity index (χ1v) is 8.35. The number of hydrogen-bond acceptors (Lipinski definition) is 3. The van der Waals surface area contributed by atoms with Gasteiger partial charge in [0.25, 0.3) is 0 Å². The fraction of sp³-hybridized carbons (Fsp3) is 0.500. The number of hydrogen-bond donors (Lipinski definition) is 0. The lowest BCUT2D eigenvalue weighted by atomic mass is 9.98. The molecule has 0 bridgehead atoms. The van der Waals surface area contributed by atoms with E-state index in [1.165, 1.54) is 30.5 Å². The minimum Gasteiger partial charge on any atom is -0.493 e. The Morgan fingerprint density at radius 2 is 2.13 bits per heavy atom. The molecule has 1 aromatic heterocycles. The number of aryl methyl sites for hydroxylation is 1. The van der Waals surface area contributed by atoms with Gasteiger partial charge in [-0.15, -0.1) is 0 Å². The molecule has 0 unspecified atom stereocenters. The zero-order valence-electron chi connectivity index (χ0n) is 13.6. The molecule has 0 spiro atoms. The maximum atomic E-state index is 12.9. The van der Waals surface area contributed by atoms with Gasteiger partial charge in [-0.3, -0.25) is 9.58 Å². The van der Waals surface area contributed by atoms with Crippen LogP contribution in [-0.2, 0) is 13.1 Å². The molecule has 1 aliphatic rings. The minimum atomic E-state index is -0.228. The van der Waals surface area contributed by atoms with Crippen molar-refractivity contribution in [3.05, 3.63) is 48.0 Å². The Balaban J connectivity index is 1.48. The summed E-state index contributed by atoms with van der Waals surface area (Å²) in [6.45, 7) is 6.82. The number of ether oxygens (including phenoxy) is 1. The van der Waals surface area contributed by atoms with Gasteiger partial charge in [-0.25, -0.2) is 4.39 Å². The Morgan fingerprint density at radius 3 is 2.87 bits per heavy atom. The third-order valence-electron chi connectivity index (χ3n) is 4.32. The Kier molecular flexibility index (Phi) is 5.28. The van der Waals surface area contributed by atoms with E-state index in [1.54, 1.807) is 12.1 Å². The molecule has 1 aliphatic heterocycles. The van der Waals surface area contributed by atoms with Crippen molar-refractivity contribution in [3.63, 3.8) is 0 Å². The van der Waals surface area contributed by atoms with Gasteiger partial charge in [-0.1, -0.05) is 0 Å². The lowest BCUT2D eigenvalue weighted by Gasteiger charge is -2.32. The maximum absolute atomic E-state index is 12.9. The Hall–Kier alpha value is -1.88. The van der Waals surface area contributed by atoms with Crippen molar-refractivity contribution < 1.29 is 9.13 Å². The van der Waals surface area contributed by atoms with Gasteiger partial charge in [0, 0.05) is 37.3 Å². The average Bonchev–Trinajstić information content (AvgIpc) is 3.02. The van der Waals surface area contributed by atoms with Crippen LogP contribution in [-0.4, -0.2) is 34.4 Å². The molecule has 4 nitrogen and oxygen atoms in total. The summed E-state index contributed by atoms with van der Waals surface area (Å²) in [5.74, 6) is 1.04. The standard InChI is InChI=1S/C18H24FN3O/c1-2-22-13-16(10-20-22)12-21-9-3-4-15(11-21)14-23-18-7-5-17(19)6-8-18/h5-8,10,13,15H,2-4,9,11-12,14H2,1H3/t15-/m0/s1. The van der Waals surface area contributed by atoms with Crippen molar-refractivity contribution in [3.8, 4) is 5.75 Å². The molecule has 1 saturated heterocycles. The number of aromatic nitrogens is 2. The SMILES string of the molecule is CCn1cc(CN2CCC[C@H](COc3ccc(F)cc3)C2)cn1. The third-order valence-corrected chi connectivity index (χ3v) is 4.32. The molecule has 2 heterocycles. The van der Waals surface area contributed by atoms with Gasteiger partial charge in [-0.2, -0.15) is 5.10 Å². The number of piperidine rings is 1. The number of nitrogens with zero attached hydrogens (tertiary/aromatic N) is 3. The second-order valence-electron chi connectivity index (χ2n) is 6.21. The van der Waals surface area contributed by atoms with E-state index in [0.717, 1.165) is 31.9 Å². The van der Waals surface area contributed by atoms with Gasteiger partial charge in [-0.05, 0) is 50.6 Å². The third kappa shape index (κ3) is 4.55. The van der Waals surface area contributed by atoms with E-state index in [4.69, 9.17) is 4.74 Å². The van der Waals surface area contributed by atoms with Gasteiger partial charge in [0.05, 0.1) is 12.8 Å². The van der Waals surface area contributed by atoms with Crippen molar-refractivity contribution >= 4 is 0 Å². The summed E-state index contributed by atoms with van der Waals surface area (Å²) in [6.07, 6.45) is 6.46. The summed E-state index contributed by atoms with van der Waals surface area (Å²) in [4.78, 5) is 2.47. The molecule has 5 heteroatoms. The van der Waals surface area contributed by atoms with Crippen LogP contribution in [0.3, 0.4) is 0 Å². The predicted molar refractivity (Wildman–Crippen MR) is 87.8 cm³/mol. The van der Waals surface area contributed by atoms with E-state index in [0.29, 0.717) is 12.5 Å². The molecule has 1 atom stereocenters. The minimum absolute atomic E-state index is 0.228. The van der Waals surface area contributed by atoms with E-state index in [1.807, 2.05) is 10.9 Å². The fourth-order valence-corrected chi connectivity index (χ4v) is 3.10. The highest BCUT2D eigenvalue weighted by molar-refractivity contribution is 5.22. The molecule has 1 aromatic carbocycles. The van der Waals surface area contributed by atoms with Crippen LogP contribution in [0.25, 0.3) is 0 Å². The largest absolute Gasteiger partial charge is 0.493 e. The first-order chi connectivity index (χ1) is 11.2. The van der Waals surface area contributed by atoms with Gasteiger partial charge < -0.3 is 4.74 Å². The molecule has 3 rings (SSSR count). The predicted octanol–water partition coefficient (Wildman–Crippen LogP) is 3.33. The molecule has 1 fully saturated rings. The first-order valence-electron chi connectivity index (χ1n) is 8.35. The topological polar surface area (TPSA) is 30.3 Å². The number of halogens is 1. The molecule has 0 saturated carbocycles. The Morgan fingerprint density at radius 1 is 1.30 bits per heavy atom. The molecule has 23 heavy (non-hydrogen) atoms. The lowest BCUT2D eigenvalue weighted by Crippen LogP contribution is -2.37. The van der Waals surface area contributed by atoms with E-state index in [-0.39, 0.29) is 5.82 Å². The monoisotopic (exact) mass is 317 g/mol. The van der Waals surface area contributed by atoms with Crippen molar-refractivity contribution in [2.24, 2.45) is 5.92 Å². The summed E-state index contributed by atoms with van der Waals surface area (Å²) >= 11 is 0. The molecule has 0 radical (unpaired) electrons. The zero-order chi connectivity index (χ0) is 16.1. The van der Waals surface area contributed by atoms with Gasteiger partial charge in [0.15, 0.2) is 0 Å². The molecule has 0 amide bonds.